The smallest absolute Gasteiger partial charge is 0.303 e. The maximum absolute atomic E-state index is 12.9. The lowest BCUT2D eigenvalue weighted by Crippen LogP contribution is -2.43. The van der Waals surface area contributed by atoms with Crippen LogP contribution in [-0.4, -0.2) is 41.7 Å². The van der Waals surface area contributed by atoms with Crippen LogP contribution in [0.1, 0.15) is 31.4 Å². The number of halogens is 2. The molecule has 0 aromatic heterocycles. The number of nitrogens with zero attached hydrogens (tertiary/aromatic N) is 1. The Kier molecular flexibility index (Phi) is 7.08. The summed E-state index contributed by atoms with van der Waals surface area (Å²) >= 11 is 0. The molecule has 1 fully saturated rings. The van der Waals surface area contributed by atoms with Crippen LogP contribution in [0, 0.1) is 5.82 Å². The summed E-state index contributed by atoms with van der Waals surface area (Å²) < 4.78 is 18.8. The van der Waals surface area contributed by atoms with Crippen molar-refractivity contribution in [1.29, 1.82) is 0 Å². The molecule has 2 atom stereocenters. The molecule has 1 aliphatic heterocycles. The number of ether oxygens (including phenoxy) is 1. The van der Waals surface area contributed by atoms with E-state index in [9.17, 15) is 9.18 Å². The summed E-state index contributed by atoms with van der Waals surface area (Å²) in [5.41, 5.74) is 0.959. The number of benzene rings is 1. The van der Waals surface area contributed by atoms with Crippen molar-refractivity contribution in [2.24, 2.45) is 0 Å². The van der Waals surface area contributed by atoms with Crippen LogP contribution in [-0.2, 0) is 9.53 Å². The lowest BCUT2D eigenvalue weighted by molar-refractivity contribution is -0.137. The van der Waals surface area contributed by atoms with Gasteiger partial charge in [0.15, 0.2) is 0 Å². The van der Waals surface area contributed by atoms with Crippen LogP contribution in [0.3, 0.4) is 0 Å². The second kappa shape index (κ2) is 8.32. The Morgan fingerprint density at radius 3 is 2.67 bits per heavy atom. The number of carbonyl (C=O) groups is 1. The second-order valence-electron chi connectivity index (χ2n) is 5.24. The van der Waals surface area contributed by atoms with E-state index in [0.717, 1.165) is 25.2 Å². The second-order valence-corrected chi connectivity index (χ2v) is 5.24. The summed E-state index contributed by atoms with van der Waals surface area (Å²) in [6, 6.07) is 6.36. The van der Waals surface area contributed by atoms with Crippen molar-refractivity contribution in [1.82, 2.24) is 4.90 Å². The van der Waals surface area contributed by atoms with Crippen molar-refractivity contribution in [3.05, 3.63) is 35.6 Å². The van der Waals surface area contributed by atoms with Gasteiger partial charge in [0.2, 0.25) is 0 Å². The Morgan fingerprint density at radius 1 is 1.38 bits per heavy atom. The first-order valence-electron chi connectivity index (χ1n) is 6.89. The number of aliphatic carboxylic acids is 1. The van der Waals surface area contributed by atoms with E-state index in [4.69, 9.17) is 9.84 Å². The van der Waals surface area contributed by atoms with Crippen LogP contribution in [0.15, 0.2) is 24.3 Å². The molecular weight excluding hydrogens is 297 g/mol. The minimum Gasteiger partial charge on any atom is -0.481 e. The Labute approximate surface area is 130 Å². The highest BCUT2D eigenvalue weighted by Crippen LogP contribution is 2.25. The molecule has 1 heterocycles. The standard InChI is InChI=1S/C15H20FNO3.ClH/c1-11-9-17(8-2-3-15(18)19)10-14(20-11)12-4-6-13(16)7-5-12;/h4-7,11,14H,2-3,8-10H2,1H3,(H,18,19);1H. The topological polar surface area (TPSA) is 49.8 Å². The fraction of sp³-hybridized carbons (Fsp3) is 0.533. The summed E-state index contributed by atoms with van der Waals surface area (Å²) in [5, 5.41) is 8.67. The minimum absolute atomic E-state index is 0. The van der Waals surface area contributed by atoms with Gasteiger partial charge in [-0.1, -0.05) is 12.1 Å². The maximum Gasteiger partial charge on any atom is 0.303 e. The van der Waals surface area contributed by atoms with Gasteiger partial charge >= 0.3 is 5.97 Å². The van der Waals surface area contributed by atoms with E-state index >= 15 is 0 Å². The van der Waals surface area contributed by atoms with E-state index in [2.05, 4.69) is 4.90 Å². The van der Waals surface area contributed by atoms with Gasteiger partial charge in [0, 0.05) is 19.5 Å². The van der Waals surface area contributed by atoms with Crippen LogP contribution in [0.2, 0.25) is 0 Å². The van der Waals surface area contributed by atoms with Crippen LogP contribution in [0.25, 0.3) is 0 Å². The Morgan fingerprint density at radius 2 is 2.05 bits per heavy atom. The zero-order valence-corrected chi connectivity index (χ0v) is 12.8. The van der Waals surface area contributed by atoms with Crippen molar-refractivity contribution in [3.63, 3.8) is 0 Å². The molecule has 1 N–H and O–H groups in total. The lowest BCUT2D eigenvalue weighted by atomic mass is 10.1. The van der Waals surface area contributed by atoms with E-state index in [-0.39, 0.29) is 36.9 Å². The Hall–Kier alpha value is -1.17. The average molecular weight is 318 g/mol. The first kappa shape index (κ1) is 17.9. The van der Waals surface area contributed by atoms with Gasteiger partial charge in [-0.25, -0.2) is 4.39 Å². The van der Waals surface area contributed by atoms with Crippen molar-refractivity contribution >= 4 is 18.4 Å². The number of carboxylic acids is 1. The molecule has 1 saturated heterocycles. The van der Waals surface area contributed by atoms with Crippen LogP contribution >= 0.6 is 12.4 Å². The molecule has 0 bridgehead atoms. The van der Waals surface area contributed by atoms with Gasteiger partial charge in [-0.3, -0.25) is 9.69 Å². The fourth-order valence-corrected chi connectivity index (χ4v) is 2.54. The molecule has 4 nitrogen and oxygen atoms in total. The van der Waals surface area contributed by atoms with Gasteiger partial charge in [0.1, 0.15) is 5.82 Å². The van der Waals surface area contributed by atoms with Gasteiger partial charge in [-0.2, -0.15) is 0 Å². The van der Waals surface area contributed by atoms with E-state index in [1.807, 2.05) is 6.92 Å². The van der Waals surface area contributed by atoms with Crippen molar-refractivity contribution in [2.45, 2.75) is 32.0 Å². The largest absolute Gasteiger partial charge is 0.481 e. The number of morpholine rings is 1. The molecule has 1 aromatic carbocycles. The predicted octanol–water partition coefficient (Wildman–Crippen LogP) is 2.87. The summed E-state index contributed by atoms with van der Waals surface area (Å²) in [4.78, 5) is 12.8. The first-order valence-corrected chi connectivity index (χ1v) is 6.89. The van der Waals surface area contributed by atoms with Crippen molar-refractivity contribution < 1.29 is 19.0 Å². The van der Waals surface area contributed by atoms with Gasteiger partial charge < -0.3 is 9.84 Å². The third-order valence-corrected chi connectivity index (χ3v) is 3.44. The zero-order valence-electron chi connectivity index (χ0n) is 12.0. The van der Waals surface area contributed by atoms with Gasteiger partial charge in [-0.05, 0) is 37.6 Å². The molecular formula is C15H21ClFNO3. The first-order chi connectivity index (χ1) is 9.54. The van der Waals surface area contributed by atoms with E-state index < -0.39 is 5.97 Å². The minimum atomic E-state index is -0.763. The quantitative estimate of drug-likeness (QED) is 0.907. The highest BCUT2D eigenvalue weighted by atomic mass is 35.5. The molecule has 0 radical (unpaired) electrons. The number of hydrogen-bond donors (Lipinski definition) is 1. The van der Waals surface area contributed by atoms with Crippen LogP contribution < -0.4 is 0 Å². The molecule has 0 amide bonds. The van der Waals surface area contributed by atoms with Gasteiger partial charge in [0.25, 0.3) is 0 Å². The number of hydrogen-bond acceptors (Lipinski definition) is 3. The van der Waals surface area contributed by atoms with Crippen molar-refractivity contribution in [3.8, 4) is 0 Å². The molecule has 0 spiro atoms. The molecule has 21 heavy (non-hydrogen) atoms. The summed E-state index contributed by atoms with van der Waals surface area (Å²) in [6.07, 6.45) is 0.832. The highest BCUT2D eigenvalue weighted by molar-refractivity contribution is 5.85. The highest BCUT2D eigenvalue weighted by Gasteiger charge is 2.26. The van der Waals surface area contributed by atoms with E-state index in [1.54, 1.807) is 12.1 Å². The molecule has 1 aromatic rings. The molecule has 6 heteroatoms. The third kappa shape index (κ3) is 5.61. The van der Waals surface area contributed by atoms with E-state index in [0.29, 0.717) is 6.42 Å². The van der Waals surface area contributed by atoms with Gasteiger partial charge in [0.05, 0.1) is 12.2 Å². The average Bonchev–Trinajstić information content (AvgIpc) is 2.38. The molecule has 118 valence electrons. The normalized spacial score (nSPS) is 22.6. The number of rotatable bonds is 5. The zero-order chi connectivity index (χ0) is 14.5. The SMILES string of the molecule is CC1CN(CCCC(=O)O)CC(c2ccc(F)cc2)O1.Cl. The van der Waals surface area contributed by atoms with Crippen molar-refractivity contribution in [2.75, 3.05) is 19.6 Å². The van der Waals surface area contributed by atoms with Gasteiger partial charge in [-0.15, -0.1) is 12.4 Å². The third-order valence-electron chi connectivity index (χ3n) is 3.44. The summed E-state index contributed by atoms with van der Waals surface area (Å²) in [6.45, 7) is 4.27. The summed E-state index contributed by atoms with van der Waals surface area (Å²) in [5.74, 6) is -1.02. The van der Waals surface area contributed by atoms with Crippen LogP contribution in [0.5, 0.6) is 0 Å². The summed E-state index contributed by atoms with van der Waals surface area (Å²) in [7, 11) is 0. The lowest BCUT2D eigenvalue weighted by Gasteiger charge is -2.37. The van der Waals surface area contributed by atoms with E-state index in [1.165, 1.54) is 12.1 Å². The molecule has 2 rings (SSSR count). The fourth-order valence-electron chi connectivity index (χ4n) is 2.54. The molecule has 2 unspecified atom stereocenters. The molecule has 0 aliphatic carbocycles. The maximum atomic E-state index is 12.9. The number of carboxylic acid groups (broad SMARTS) is 1. The molecule has 0 saturated carbocycles. The monoisotopic (exact) mass is 317 g/mol. The Bertz CT molecular complexity index is 455. The predicted molar refractivity (Wildman–Crippen MR) is 80.2 cm³/mol. The Balaban J connectivity index is 0.00000220. The molecule has 1 aliphatic rings. The van der Waals surface area contributed by atoms with Crippen LogP contribution in [0.4, 0.5) is 4.39 Å².